The summed E-state index contributed by atoms with van der Waals surface area (Å²) in [4.78, 5) is 20.5. The highest BCUT2D eigenvalue weighted by Gasteiger charge is 2.19. The Bertz CT molecular complexity index is 1040. The summed E-state index contributed by atoms with van der Waals surface area (Å²) < 4.78 is 5.73. The number of ether oxygens (including phenoxy) is 1. The molecule has 3 rings (SSSR count). The van der Waals surface area contributed by atoms with E-state index in [0.717, 1.165) is 6.07 Å². The molecule has 0 bridgehead atoms. The number of anilines is 1. The third kappa shape index (κ3) is 4.67. The van der Waals surface area contributed by atoms with E-state index in [1.807, 2.05) is 30.3 Å². The monoisotopic (exact) mass is 378 g/mol. The molecule has 28 heavy (non-hydrogen) atoms. The fourth-order valence-corrected chi connectivity index (χ4v) is 2.34. The van der Waals surface area contributed by atoms with Crippen LogP contribution in [0.25, 0.3) is 0 Å². The molecule has 9 nitrogen and oxygen atoms in total. The van der Waals surface area contributed by atoms with Gasteiger partial charge in [-0.15, -0.1) is 0 Å². The maximum absolute atomic E-state index is 11.1. The lowest BCUT2D eigenvalue weighted by molar-refractivity contribution is -0.393. The number of nitrogens with one attached hydrogen (secondary N) is 1. The molecule has 1 N–H and O–H groups in total. The Balaban J connectivity index is 1.74. The van der Waals surface area contributed by atoms with Crippen LogP contribution in [0.15, 0.2) is 77.9 Å². The van der Waals surface area contributed by atoms with Crippen molar-refractivity contribution in [2.75, 3.05) is 5.43 Å². The van der Waals surface area contributed by atoms with Gasteiger partial charge in [0.05, 0.1) is 22.1 Å². The number of rotatable bonds is 7. The highest BCUT2D eigenvalue weighted by atomic mass is 16.6. The number of nitrogens with zero attached hydrogens (tertiary/aromatic N) is 3. The minimum absolute atomic E-state index is 0.0449. The van der Waals surface area contributed by atoms with Crippen molar-refractivity contribution >= 4 is 23.3 Å². The zero-order valence-corrected chi connectivity index (χ0v) is 14.4. The molecule has 140 valence electrons. The van der Waals surface area contributed by atoms with E-state index in [1.54, 1.807) is 24.3 Å². The van der Waals surface area contributed by atoms with E-state index in [0.29, 0.717) is 17.1 Å². The zero-order valence-electron chi connectivity index (χ0n) is 14.4. The molecule has 0 amide bonds. The molecule has 0 aromatic heterocycles. The Hall–Kier alpha value is -4.27. The minimum atomic E-state index is -0.709. The molecule has 0 spiro atoms. The molecule has 0 aliphatic heterocycles. The van der Waals surface area contributed by atoms with Gasteiger partial charge in [-0.05, 0) is 35.9 Å². The molecule has 0 aliphatic rings. The van der Waals surface area contributed by atoms with E-state index in [-0.39, 0.29) is 11.4 Å². The lowest BCUT2D eigenvalue weighted by Crippen LogP contribution is -1.98. The highest BCUT2D eigenvalue weighted by Crippen LogP contribution is 2.29. The van der Waals surface area contributed by atoms with Crippen molar-refractivity contribution in [3.8, 4) is 11.5 Å². The van der Waals surface area contributed by atoms with Gasteiger partial charge in [0, 0.05) is 6.07 Å². The number of hydrogen-bond acceptors (Lipinski definition) is 7. The molecule has 9 heteroatoms. The SMILES string of the molecule is O=[N+]([O-])c1ccc(N/N=C/c2cccc(Oc3ccccc3)c2)c([N+](=O)[O-])c1. The van der Waals surface area contributed by atoms with Crippen molar-refractivity contribution in [1.82, 2.24) is 0 Å². The molecular weight excluding hydrogens is 364 g/mol. The van der Waals surface area contributed by atoms with Gasteiger partial charge in [-0.25, -0.2) is 0 Å². The number of benzene rings is 3. The van der Waals surface area contributed by atoms with Gasteiger partial charge in [-0.3, -0.25) is 25.7 Å². The van der Waals surface area contributed by atoms with Crippen molar-refractivity contribution in [2.45, 2.75) is 0 Å². The first kappa shape index (κ1) is 18.5. The molecule has 0 saturated carbocycles. The summed E-state index contributed by atoms with van der Waals surface area (Å²) in [6, 6.07) is 19.7. The van der Waals surface area contributed by atoms with Crippen LogP contribution in [0, 0.1) is 20.2 Å². The van der Waals surface area contributed by atoms with E-state index < -0.39 is 15.5 Å². The predicted octanol–water partition coefficient (Wildman–Crippen LogP) is 4.74. The van der Waals surface area contributed by atoms with Crippen LogP contribution < -0.4 is 10.2 Å². The normalized spacial score (nSPS) is 10.6. The second-order valence-corrected chi connectivity index (χ2v) is 5.57. The van der Waals surface area contributed by atoms with E-state index >= 15 is 0 Å². The van der Waals surface area contributed by atoms with Crippen LogP contribution >= 0.6 is 0 Å². The minimum Gasteiger partial charge on any atom is -0.457 e. The molecular formula is C19H14N4O5. The van der Waals surface area contributed by atoms with Crippen molar-refractivity contribution in [3.63, 3.8) is 0 Å². The van der Waals surface area contributed by atoms with E-state index in [2.05, 4.69) is 10.5 Å². The summed E-state index contributed by atoms with van der Waals surface area (Å²) in [6.45, 7) is 0. The van der Waals surface area contributed by atoms with Crippen LogP contribution in [-0.2, 0) is 0 Å². The Labute approximate surface area is 159 Å². The lowest BCUT2D eigenvalue weighted by atomic mass is 10.2. The van der Waals surface area contributed by atoms with Crippen molar-refractivity contribution in [1.29, 1.82) is 0 Å². The molecule has 0 unspecified atom stereocenters. The molecule has 0 fully saturated rings. The largest absolute Gasteiger partial charge is 0.457 e. The zero-order chi connectivity index (χ0) is 19.9. The number of nitro groups is 2. The van der Waals surface area contributed by atoms with Gasteiger partial charge >= 0.3 is 5.69 Å². The molecule has 3 aromatic carbocycles. The maximum atomic E-state index is 11.1. The fraction of sp³-hybridized carbons (Fsp3) is 0. The molecule has 3 aromatic rings. The first-order valence-corrected chi connectivity index (χ1v) is 8.08. The smallest absolute Gasteiger partial charge is 0.301 e. The molecule has 0 saturated heterocycles. The summed E-state index contributed by atoms with van der Waals surface area (Å²) in [5, 5.41) is 25.9. The number of hydrogen-bond donors (Lipinski definition) is 1. The Morgan fingerprint density at radius 1 is 0.857 bits per heavy atom. The van der Waals surface area contributed by atoms with Crippen LogP contribution in [-0.4, -0.2) is 16.1 Å². The second-order valence-electron chi connectivity index (χ2n) is 5.57. The van der Waals surface area contributed by atoms with Crippen molar-refractivity contribution in [3.05, 3.63) is 98.6 Å². The van der Waals surface area contributed by atoms with Gasteiger partial charge in [0.1, 0.15) is 17.2 Å². The summed E-state index contributed by atoms with van der Waals surface area (Å²) in [7, 11) is 0. The van der Waals surface area contributed by atoms with Gasteiger partial charge in [0.2, 0.25) is 0 Å². The Kier molecular flexibility index (Phi) is 5.56. The quantitative estimate of drug-likeness (QED) is 0.360. The van der Waals surface area contributed by atoms with E-state index in [1.165, 1.54) is 18.3 Å². The average Bonchev–Trinajstić information content (AvgIpc) is 2.69. The van der Waals surface area contributed by atoms with Gasteiger partial charge in [-0.2, -0.15) is 5.10 Å². The van der Waals surface area contributed by atoms with Gasteiger partial charge in [0.25, 0.3) is 5.69 Å². The standard InChI is InChI=1S/C19H14N4O5/c24-22(25)15-9-10-18(19(12-15)23(26)27)21-20-13-14-5-4-8-17(11-14)28-16-6-2-1-3-7-16/h1-13,21H/b20-13+. The van der Waals surface area contributed by atoms with E-state index in [4.69, 9.17) is 4.74 Å². The molecule has 0 atom stereocenters. The number of non-ortho nitro benzene ring substituents is 1. The second kappa shape index (κ2) is 8.41. The summed E-state index contributed by atoms with van der Waals surface area (Å²) in [6.07, 6.45) is 1.46. The first-order chi connectivity index (χ1) is 13.5. The van der Waals surface area contributed by atoms with Crippen LogP contribution in [0.3, 0.4) is 0 Å². The van der Waals surface area contributed by atoms with Crippen LogP contribution in [0.1, 0.15) is 5.56 Å². The first-order valence-electron chi connectivity index (χ1n) is 8.08. The topological polar surface area (TPSA) is 120 Å². The number of para-hydroxylation sites is 1. The molecule has 0 aliphatic carbocycles. The summed E-state index contributed by atoms with van der Waals surface area (Å²) in [5.41, 5.74) is 2.48. The van der Waals surface area contributed by atoms with Crippen LogP contribution in [0.4, 0.5) is 17.1 Å². The number of nitro benzene ring substituents is 2. The molecule has 0 heterocycles. The lowest BCUT2D eigenvalue weighted by Gasteiger charge is -2.06. The van der Waals surface area contributed by atoms with Gasteiger partial charge in [-0.1, -0.05) is 30.3 Å². The van der Waals surface area contributed by atoms with Crippen LogP contribution in [0.5, 0.6) is 11.5 Å². The third-order valence-corrected chi connectivity index (χ3v) is 3.62. The Morgan fingerprint density at radius 3 is 2.32 bits per heavy atom. The van der Waals surface area contributed by atoms with E-state index in [9.17, 15) is 20.2 Å². The highest BCUT2D eigenvalue weighted by molar-refractivity contribution is 5.81. The molecule has 0 radical (unpaired) electrons. The van der Waals surface area contributed by atoms with Gasteiger partial charge in [0.15, 0.2) is 0 Å². The third-order valence-electron chi connectivity index (χ3n) is 3.62. The maximum Gasteiger partial charge on any atom is 0.301 e. The summed E-state index contributed by atoms with van der Waals surface area (Å²) in [5.74, 6) is 1.30. The Morgan fingerprint density at radius 2 is 1.61 bits per heavy atom. The summed E-state index contributed by atoms with van der Waals surface area (Å²) >= 11 is 0. The number of hydrazone groups is 1. The van der Waals surface area contributed by atoms with Gasteiger partial charge < -0.3 is 4.74 Å². The van der Waals surface area contributed by atoms with Crippen molar-refractivity contribution < 1.29 is 14.6 Å². The average molecular weight is 378 g/mol. The van der Waals surface area contributed by atoms with Crippen LogP contribution in [0.2, 0.25) is 0 Å². The van der Waals surface area contributed by atoms with Crippen molar-refractivity contribution in [2.24, 2.45) is 5.10 Å². The predicted molar refractivity (Wildman–Crippen MR) is 104 cm³/mol. The fourth-order valence-electron chi connectivity index (χ4n) is 2.34.